The van der Waals surface area contributed by atoms with Crippen molar-refractivity contribution >= 4 is 39.3 Å². The number of halogens is 1. The minimum atomic E-state index is -3.69. The highest BCUT2D eigenvalue weighted by molar-refractivity contribution is 7.86. The number of nitrogens with zero attached hydrogens (tertiary/aromatic N) is 4. The van der Waals surface area contributed by atoms with Crippen LogP contribution < -0.4 is 19.5 Å². The van der Waals surface area contributed by atoms with Crippen molar-refractivity contribution < 1.29 is 17.9 Å². The smallest absolute Gasteiger partial charge is 0.277 e. The van der Waals surface area contributed by atoms with E-state index in [2.05, 4.69) is 14.9 Å². The van der Waals surface area contributed by atoms with Crippen molar-refractivity contribution in [3.8, 4) is 11.5 Å². The number of ether oxygens (including phenoxy) is 2. The second kappa shape index (κ2) is 7.27. The summed E-state index contributed by atoms with van der Waals surface area (Å²) >= 11 is 0. The molecule has 2 N–H and O–H groups in total. The van der Waals surface area contributed by atoms with Gasteiger partial charge >= 0.3 is 0 Å². The largest absolute Gasteiger partial charge is 0.493 e. The normalized spacial score (nSPS) is 22.6. The molecule has 2 aliphatic rings. The van der Waals surface area contributed by atoms with E-state index in [9.17, 15) is 8.42 Å². The molecule has 2 unspecified atom stereocenters. The lowest BCUT2D eigenvalue weighted by Crippen LogP contribution is -2.46. The molecule has 9 nitrogen and oxygen atoms in total. The molecule has 11 heteroatoms. The summed E-state index contributed by atoms with van der Waals surface area (Å²) < 4.78 is 35.8. The Kier molecular flexibility index (Phi) is 5.35. The number of piperidine rings is 1. The maximum atomic E-state index is 11.8. The first kappa shape index (κ1) is 19.9. The molecule has 2 bridgehead atoms. The van der Waals surface area contributed by atoms with Crippen LogP contribution in [0.5, 0.6) is 11.5 Å². The lowest BCUT2D eigenvalue weighted by molar-refractivity contribution is 0.355. The number of aromatic nitrogens is 2. The van der Waals surface area contributed by atoms with Crippen molar-refractivity contribution in [2.75, 3.05) is 38.8 Å². The van der Waals surface area contributed by atoms with Crippen LogP contribution in [-0.2, 0) is 10.2 Å². The van der Waals surface area contributed by atoms with Gasteiger partial charge in [0, 0.05) is 37.1 Å². The Labute approximate surface area is 164 Å². The average Bonchev–Trinajstić information content (AvgIpc) is 2.93. The Bertz CT molecular complexity index is 957. The van der Waals surface area contributed by atoms with E-state index in [4.69, 9.17) is 14.6 Å². The Hall–Kier alpha value is -1.88. The zero-order valence-electron chi connectivity index (χ0n) is 15.0. The first-order valence-corrected chi connectivity index (χ1v) is 9.82. The second-order valence-corrected chi connectivity index (χ2v) is 8.20. The summed E-state index contributed by atoms with van der Waals surface area (Å²) in [6.45, 7) is 1.73. The van der Waals surface area contributed by atoms with Gasteiger partial charge in [0.05, 0.1) is 19.7 Å². The molecular weight excluding hydrogens is 394 g/mol. The van der Waals surface area contributed by atoms with Crippen LogP contribution >= 0.6 is 12.4 Å². The lowest BCUT2D eigenvalue weighted by atomic mass is 9.99. The Balaban J connectivity index is 0.00000210. The topological polar surface area (TPSA) is 111 Å². The molecule has 2 aromatic rings. The van der Waals surface area contributed by atoms with Crippen LogP contribution in [0.15, 0.2) is 18.5 Å². The molecule has 0 spiro atoms. The van der Waals surface area contributed by atoms with E-state index >= 15 is 0 Å². The van der Waals surface area contributed by atoms with E-state index < -0.39 is 10.2 Å². The number of methoxy groups -OCH3 is 2. The molecule has 0 radical (unpaired) electrons. The van der Waals surface area contributed by atoms with Crippen LogP contribution in [0.1, 0.15) is 6.42 Å². The van der Waals surface area contributed by atoms with Crippen LogP contribution in [0, 0.1) is 5.92 Å². The van der Waals surface area contributed by atoms with Gasteiger partial charge in [-0.05, 0) is 18.4 Å². The van der Waals surface area contributed by atoms with Gasteiger partial charge in [-0.25, -0.2) is 15.1 Å². The number of benzene rings is 1. The van der Waals surface area contributed by atoms with E-state index in [-0.39, 0.29) is 24.4 Å². The number of anilines is 1. The predicted octanol–water partition coefficient (Wildman–Crippen LogP) is 0.783. The van der Waals surface area contributed by atoms with Crippen LogP contribution in [0.3, 0.4) is 0 Å². The molecule has 2 atom stereocenters. The third-order valence-electron chi connectivity index (χ3n) is 5.11. The lowest BCUT2D eigenvalue weighted by Gasteiger charge is -2.33. The van der Waals surface area contributed by atoms with Crippen molar-refractivity contribution in [1.82, 2.24) is 14.3 Å². The van der Waals surface area contributed by atoms with Crippen LogP contribution in [-0.4, -0.2) is 62.6 Å². The van der Waals surface area contributed by atoms with E-state index in [1.165, 1.54) is 10.6 Å². The van der Waals surface area contributed by atoms with Gasteiger partial charge in [0.2, 0.25) is 0 Å². The van der Waals surface area contributed by atoms with Gasteiger partial charge < -0.3 is 14.4 Å². The van der Waals surface area contributed by atoms with E-state index in [1.54, 1.807) is 14.2 Å². The van der Waals surface area contributed by atoms with Crippen molar-refractivity contribution in [3.63, 3.8) is 0 Å². The fourth-order valence-corrected chi connectivity index (χ4v) is 5.01. The molecule has 2 fully saturated rings. The van der Waals surface area contributed by atoms with Gasteiger partial charge in [-0.15, -0.1) is 12.4 Å². The second-order valence-electron chi connectivity index (χ2n) is 6.70. The third-order valence-corrected chi connectivity index (χ3v) is 6.21. The number of nitrogens with two attached hydrogens (primary N) is 1. The number of rotatable bonds is 4. The van der Waals surface area contributed by atoms with E-state index in [0.717, 1.165) is 29.7 Å². The molecule has 4 rings (SSSR count). The summed E-state index contributed by atoms with van der Waals surface area (Å²) in [7, 11) is -0.526. The summed E-state index contributed by atoms with van der Waals surface area (Å²) in [6.07, 6.45) is 2.34. The number of fused-ring (bicyclic) bond motifs is 3. The zero-order chi connectivity index (χ0) is 18.5. The molecule has 0 aliphatic carbocycles. The van der Waals surface area contributed by atoms with Gasteiger partial charge in [-0.1, -0.05) is 0 Å². The molecule has 3 heterocycles. The van der Waals surface area contributed by atoms with Crippen LogP contribution in [0.4, 0.5) is 5.82 Å². The summed E-state index contributed by atoms with van der Waals surface area (Å²) in [5.41, 5.74) is 0.744. The number of hydrogen-bond donors (Lipinski definition) is 1. The highest BCUT2D eigenvalue weighted by Crippen LogP contribution is 2.38. The summed E-state index contributed by atoms with van der Waals surface area (Å²) in [5.74, 6) is 2.20. The zero-order valence-corrected chi connectivity index (χ0v) is 16.7. The third kappa shape index (κ3) is 3.49. The molecule has 1 aromatic heterocycles. The van der Waals surface area contributed by atoms with Gasteiger partial charge in [-0.3, -0.25) is 0 Å². The SMILES string of the molecule is COc1cc2ncnc(N3CC4CC(C3)N(S(N)(=O)=O)C4)c2cc1OC.Cl. The summed E-state index contributed by atoms with van der Waals surface area (Å²) in [4.78, 5) is 10.9. The fourth-order valence-electron chi connectivity index (χ4n) is 4.02. The minimum absolute atomic E-state index is 0. The average molecular weight is 416 g/mol. The van der Waals surface area contributed by atoms with E-state index in [1.807, 2.05) is 12.1 Å². The molecule has 148 valence electrons. The van der Waals surface area contributed by atoms with Crippen molar-refractivity contribution in [2.24, 2.45) is 11.1 Å². The quantitative estimate of drug-likeness (QED) is 0.785. The fraction of sp³-hybridized carbons (Fsp3) is 0.500. The monoisotopic (exact) mass is 415 g/mol. The van der Waals surface area contributed by atoms with Crippen molar-refractivity contribution in [3.05, 3.63) is 18.5 Å². The number of hydrogen-bond acceptors (Lipinski definition) is 7. The molecule has 2 aliphatic heterocycles. The first-order chi connectivity index (χ1) is 12.4. The molecule has 1 aromatic carbocycles. The highest BCUT2D eigenvalue weighted by atomic mass is 35.5. The molecule has 27 heavy (non-hydrogen) atoms. The van der Waals surface area contributed by atoms with Crippen LogP contribution in [0.2, 0.25) is 0 Å². The minimum Gasteiger partial charge on any atom is -0.493 e. The standard InChI is InChI=1S/C16H21N5O4S.ClH/c1-24-14-4-12-13(5-15(14)25-2)18-9-19-16(12)20-6-10-3-11(8-20)21(7-10)26(17,22)23;/h4-5,9-11H,3,6-8H2,1-2H3,(H2,17,22,23);1H. The van der Waals surface area contributed by atoms with Crippen LogP contribution in [0.25, 0.3) is 10.9 Å². The summed E-state index contributed by atoms with van der Waals surface area (Å²) in [5, 5.41) is 6.21. The molecule has 0 amide bonds. The Morgan fingerprint density at radius 2 is 1.81 bits per heavy atom. The van der Waals surface area contributed by atoms with Gasteiger partial charge in [0.1, 0.15) is 12.1 Å². The highest BCUT2D eigenvalue weighted by Gasteiger charge is 2.43. The molecular formula is C16H22ClN5O4S. The predicted molar refractivity (Wildman–Crippen MR) is 104 cm³/mol. The Morgan fingerprint density at radius 3 is 2.48 bits per heavy atom. The maximum Gasteiger partial charge on any atom is 0.277 e. The van der Waals surface area contributed by atoms with E-state index in [0.29, 0.717) is 24.6 Å². The van der Waals surface area contributed by atoms with Gasteiger partial charge in [-0.2, -0.15) is 12.7 Å². The van der Waals surface area contributed by atoms with Crippen molar-refractivity contribution in [1.29, 1.82) is 0 Å². The molecule has 0 saturated carbocycles. The van der Waals surface area contributed by atoms with Crippen molar-refractivity contribution in [2.45, 2.75) is 12.5 Å². The molecule has 2 saturated heterocycles. The van der Waals surface area contributed by atoms with Gasteiger partial charge in [0.15, 0.2) is 11.5 Å². The van der Waals surface area contributed by atoms with Gasteiger partial charge in [0.25, 0.3) is 10.2 Å². The maximum absolute atomic E-state index is 11.8. The Morgan fingerprint density at radius 1 is 1.11 bits per heavy atom. The summed E-state index contributed by atoms with van der Waals surface area (Å²) in [6, 6.07) is 3.54. The first-order valence-electron chi connectivity index (χ1n) is 8.32.